The number of fused-ring (bicyclic) bond motifs is 4. The fourth-order valence-corrected chi connectivity index (χ4v) is 21.3. The SMILES string of the molecule is CC(c1ccc(Cl)cc1C(F)(F)F)n1cnc2ccc(C3=CCN(C(=O)[C@H]4CCCN4)CC3)cc21.CC(c1ccc(Cl)cc1Cl)n1cnc2cc(F)c(C3=CCN(C(=O)[C@H]4CCCCN4)CC3)cc21.CC(c1ccc(Cl)cc1Cl)n1cnc2ccc(N3CCN(C(=O)[C@H]4CCCCN4)CC3)cc21.CC(c1ccc(Cl)cc1F)n1cnc2ccc(C3=CCN(C(=O)[C@H]4CCCN4)CC3)cc21. The molecule has 4 N–H and O–H groups in total. The summed E-state index contributed by atoms with van der Waals surface area (Å²) in [5.74, 6) is 0.164. The van der Waals surface area contributed by atoms with E-state index in [4.69, 9.17) is 69.6 Å². The highest BCUT2D eigenvalue weighted by Gasteiger charge is 2.38. The maximum atomic E-state index is 15.1. The molecule has 0 saturated carbocycles. The van der Waals surface area contributed by atoms with Crippen LogP contribution in [0.5, 0.6) is 0 Å². The predicted octanol–water partition coefficient (Wildman–Crippen LogP) is 21.1. The first-order chi connectivity index (χ1) is 64.7. The van der Waals surface area contributed by atoms with E-state index in [1.165, 1.54) is 36.3 Å². The zero-order valence-corrected chi connectivity index (χ0v) is 79.7. The molecule has 21 nitrogen and oxygen atoms in total. The summed E-state index contributed by atoms with van der Waals surface area (Å²) in [5.41, 5.74) is 15.7. The second kappa shape index (κ2) is 42.2. The van der Waals surface area contributed by atoms with E-state index >= 15 is 4.39 Å². The fraction of sp³-hybridized carbons (Fsp3) is 0.392. The normalized spacial score (nSPS) is 19.9. The minimum Gasteiger partial charge on any atom is -0.368 e. The Morgan fingerprint density at radius 3 is 1.16 bits per heavy atom. The van der Waals surface area contributed by atoms with Gasteiger partial charge >= 0.3 is 6.18 Å². The lowest BCUT2D eigenvalue weighted by atomic mass is 9.97. The van der Waals surface area contributed by atoms with Gasteiger partial charge in [-0.05, 0) is 266 Å². The van der Waals surface area contributed by atoms with Gasteiger partial charge in [0.25, 0.3) is 0 Å². The van der Waals surface area contributed by atoms with E-state index in [1.54, 1.807) is 54.7 Å². The average Bonchev–Trinajstić information content (AvgIpc) is 1.66. The number of piperidine rings is 2. The van der Waals surface area contributed by atoms with Crippen molar-refractivity contribution >= 4 is 160 Å². The highest BCUT2D eigenvalue weighted by atomic mass is 35.5. The molecule has 134 heavy (non-hydrogen) atoms. The van der Waals surface area contributed by atoms with Crippen LogP contribution in [0.1, 0.15) is 180 Å². The van der Waals surface area contributed by atoms with Crippen LogP contribution in [0.4, 0.5) is 27.6 Å². The quantitative estimate of drug-likeness (QED) is 0.0666. The van der Waals surface area contributed by atoms with Crippen LogP contribution in [0.2, 0.25) is 30.1 Å². The maximum Gasteiger partial charge on any atom is 0.416 e. The van der Waals surface area contributed by atoms with Crippen LogP contribution in [0.25, 0.3) is 60.9 Å². The standard InChI is InChI=1S/C26H27Cl2FN4O.C26H26ClF3N4O.C25H29Cl2N5O.C25H26ClFN4O/c1-16(19-6-5-18(27)12-21(19)28)33-15-31-24-14-22(29)20(13-25(24)33)17-7-10-32(11-8-17)26(34)23-4-2-3-9-30-23;1-16(20-6-5-19(27)14-21(20)26(28,29)30)34-15-32-22-7-4-18(13-24(22)34)17-8-11-33(12-9-17)25(35)23-3-2-10-31-23;1-17(20-7-5-18(26)14-21(20)27)32-16-29-22-8-6-19(15-24(22)32)30-10-12-31(13-11-30)25(33)23-4-2-3-9-28-23;1-16(20-6-5-19(26)14-21(20)27)31-15-29-22-7-4-18(13-24(22)31)17-8-11-30(12-9-17)25(32)23-3-2-10-28-23/h5-7,12-16,23,30H,2-4,8-11H2,1H3;4-8,13-16,23,31H,2-3,9-12H2,1H3;5-8,14-17,23,28H,2-4,9-13H2,1H3;4-8,13-16,23,28H,2-3,9-12H2,1H3/t2*16?,23-;17?,23-;16?,23-/m1111/s1. The molecule has 702 valence electrons. The smallest absolute Gasteiger partial charge is 0.368 e. The van der Waals surface area contributed by atoms with Crippen LogP contribution in [0, 0.1) is 11.6 Å². The Morgan fingerprint density at radius 2 is 0.739 bits per heavy atom. The number of halogens is 11. The number of anilines is 1. The lowest BCUT2D eigenvalue weighted by Crippen LogP contribution is -2.55. The van der Waals surface area contributed by atoms with Crippen molar-refractivity contribution in [2.24, 2.45) is 0 Å². The highest BCUT2D eigenvalue weighted by Crippen LogP contribution is 2.42. The molecule has 32 heteroatoms. The summed E-state index contributed by atoms with van der Waals surface area (Å²) in [6.45, 7) is 18.3. The van der Waals surface area contributed by atoms with E-state index in [2.05, 4.69) is 100 Å². The van der Waals surface area contributed by atoms with Gasteiger partial charge in [0.05, 0.1) is 123 Å². The van der Waals surface area contributed by atoms with E-state index in [0.717, 1.165) is 208 Å². The van der Waals surface area contributed by atoms with Crippen LogP contribution >= 0.6 is 69.6 Å². The molecule has 20 rings (SSSR count). The Balaban J connectivity index is 0.000000124. The Labute approximate surface area is 806 Å². The van der Waals surface area contributed by atoms with E-state index in [1.807, 2.05) is 110 Å². The number of alkyl halides is 3. The number of hydrogen-bond acceptors (Lipinski definition) is 13. The third-order valence-electron chi connectivity index (χ3n) is 27.6. The third-order valence-corrected chi connectivity index (χ3v) is 29.2. The van der Waals surface area contributed by atoms with Crippen LogP contribution in [-0.2, 0) is 25.4 Å². The van der Waals surface area contributed by atoms with E-state index in [-0.39, 0.29) is 88.1 Å². The minimum absolute atomic E-state index is 0.00261. The van der Waals surface area contributed by atoms with Gasteiger partial charge in [0.2, 0.25) is 23.6 Å². The summed E-state index contributed by atoms with van der Waals surface area (Å²) in [7, 11) is 0. The molecule has 8 aliphatic heterocycles. The Bertz CT molecular complexity index is 6440. The molecule has 8 atom stereocenters. The van der Waals surface area contributed by atoms with Crippen molar-refractivity contribution < 1.29 is 41.1 Å². The van der Waals surface area contributed by atoms with Crippen molar-refractivity contribution in [2.75, 3.05) is 96.5 Å². The van der Waals surface area contributed by atoms with Gasteiger partial charge in [-0.15, -0.1) is 0 Å². The topological polar surface area (TPSA) is 204 Å². The minimum atomic E-state index is -4.51. The lowest BCUT2D eigenvalue weighted by molar-refractivity contribution is -0.138. The van der Waals surface area contributed by atoms with Crippen molar-refractivity contribution in [3.63, 3.8) is 0 Å². The number of hydrogen-bond donors (Lipinski definition) is 4. The summed E-state index contributed by atoms with van der Waals surface area (Å²) >= 11 is 36.9. The van der Waals surface area contributed by atoms with Gasteiger partial charge in [0.15, 0.2) is 0 Å². The summed E-state index contributed by atoms with van der Waals surface area (Å²) in [4.78, 5) is 79.1. The molecule has 0 aliphatic carbocycles. The van der Waals surface area contributed by atoms with Crippen molar-refractivity contribution in [3.8, 4) is 0 Å². The second-order valence-electron chi connectivity index (χ2n) is 35.8. The predicted molar refractivity (Wildman–Crippen MR) is 525 cm³/mol. The van der Waals surface area contributed by atoms with E-state index < -0.39 is 17.8 Å². The first kappa shape index (κ1) is 95.5. The molecule has 8 aliphatic rings. The zero-order chi connectivity index (χ0) is 93.8. The Hall–Kier alpha value is -10.2. The first-order valence-electron chi connectivity index (χ1n) is 46.4. The van der Waals surface area contributed by atoms with Gasteiger partial charge in [-0.1, -0.05) is 137 Å². The number of rotatable bonds is 16. The van der Waals surface area contributed by atoms with Crippen molar-refractivity contribution in [1.82, 2.24) is 79.1 Å². The molecule has 8 aromatic carbocycles. The van der Waals surface area contributed by atoms with Gasteiger partial charge in [-0.2, -0.15) is 13.2 Å². The van der Waals surface area contributed by atoms with Crippen molar-refractivity contribution in [1.29, 1.82) is 0 Å². The van der Waals surface area contributed by atoms with Gasteiger partial charge in [0, 0.05) is 118 Å². The molecule has 4 amide bonds. The van der Waals surface area contributed by atoms with Gasteiger partial charge in [-0.3, -0.25) is 19.2 Å². The number of imidazole rings is 4. The van der Waals surface area contributed by atoms with Crippen molar-refractivity contribution in [3.05, 3.63) is 269 Å². The maximum absolute atomic E-state index is 15.1. The monoisotopic (exact) mass is 1940 g/mol. The van der Waals surface area contributed by atoms with Gasteiger partial charge < -0.3 is 64.0 Å². The summed E-state index contributed by atoms with van der Waals surface area (Å²) < 4.78 is 78.7. The number of carbonyl (C=O) groups is 4. The number of nitrogens with one attached hydrogen (secondary N) is 4. The molecular formula is C102H108Cl6F5N17O4. The number of benzene rings is 8. The summed E-state index contributed by atoms with van der Waals surface area (Å²) in [6.07, 6.45) is 21.0. The third kappa shape index (κ3) is 21.3. The molecule has 0 bridgehead atoms. The molecule has 12 heterocycles. The van der Waals surface area contributed by atoms with Crippen LogP contribution < -0.4 is 26.2 Å². The average molecular weight is 1940 g/mol. The number of amides is 4. The number of nitrogens with zero attached hydrogens (tertiary/aromatic N) is 13. The number of piperazine rings is 1. The second-order valence-corrected chi connectivity index (χ2v) is 38.4. The van der Waals surface area contributed by atoms with Gasteiger partial charge in [0.1, 0.15) is 11.6 Å². The van der Waals surface area contributed by atoms with Crippen LogP contribution in [0.3, 0.4) is 0 Å². The molecule has 0 radical (unpaired) electrons. The molecular weight excluding hydrogens is 1830 g/mol. The number of aromatic nitrogens is 8. The highest BCUT2D eigenvalue weighted by molar-refractivity contribution is 6.36. The van der Waals surface area contributed by atoms with Crippen LogP contribution in [-0.4, -0.2) is 197 Å². The van der Waals surface area contributed by atoms with Crippen LogP contribution in [0.15, 0.2) is 183 Å². The molecule has 5 saturated heterocycles. The largest absolute Gasteiger partial charge is 0.416 e. The van der Waals surface area contributed by atoms with E-state index in [9.17, 15) is 36.7 Å². The molecule has 4 unspecified atom stereocenters. The lowest BCUT2D eigenvalue weighted by Gasteiger charge is -2.38. The van der Waals surface area contributed by atoms with E-state index in [0.29, 0.717) is 86.4 Å². The zero-order valence-electron chi connectivity index (χ0n) is 75.1. The Kier molecular flexibility index (Phi) is 30.1. The fourth-order valence-electron chi connectivity index (χ4n) is 19.8. The first-order valence-corrected chi connectivity index (χ1v) is 48.6. The molecule has 5 fully saturated rings. The summed E-state index contributed by atoms with van der Waals surface area (Å²) in [6, 6.07) is 40.4. The number of carbonyl (C=O) groups excluding carboxylic acids is 4. The Morgan fingerprint density at radius 1 is 0.366 bits per heavy atom. The molecule has 4 aromatic heterocycles. The van der Waals surface area contributed by atoms with Gasteiger partial charge in [-0.25, -0.2) is 28.7 Å². The summed E-state index contributed by atoms with van der Waals surface area (Å²) in [5, 5.41) is 16.1. The van der Waals surface area contributed by atoms with Crippen molar-refractivity contribution in [2.45, 2.75) is 166 Å². The molecule has 0 spiro atoms. The molecule has 12 aromatic rings.